The quantitative estimate of drug-likeness (QED) is 0.807. The van der Waals surface area contributed by atoms with E-state index >= 15 is 0 Å². The molecule has 4 bridgehead atoms. The maximum atomic E-state index is 12.1. The number of nitrogens with zero attached hydrogens (tertiary/aromatic N) is 1. The van der Waals surface area contributed by atoms with Gasteiger partial charge in [0.2, 0.25) is 0 Å². The third kappa shape index (κ3) is 3.01. The highest BCUT2D eigenvalue weighted by Gasteiger charge is 2.51. The van der Waals surface area contributed by atoms with E-state index in [1.165, 1.54) is 56.4 Å². The van der Waals surface area contributed by atoms with Crippen molar-refractivity contribution in [1.82, 2.24) is 4.57 Å². The molecule has 1 heterocycles. The minimum absolute atomic E-state index is 0.182. The lowest BCUT2D eigenvalue weighted by molar-refractivity contribution is -0.00520. The molecule has 1 aromatic heterocycles. The first-order valence-corrected chi connectivity index (χ1v) is 10.1. The first-order valence-electron chi connectivity index (χ1n) is 10.1. The van der Waals surface area contributed by atoms with Crippen LogP contribution in [0.4, 0.5) is 4.79 Å². The van der Waals surface area contributed by atoms with Crippen molar-refractivity contribution in [3.8, 4) is 0 Å². The van der Waals surface area contributed by atoms with E-state index in [9.17, 15) is 9.59 Å². The second-order valence-electron chi connectivity index (χ2n) is 8.86. The van der Waals surface area contributed by atoms with Crippen molar-refractivity contribution in [2.75, 3.05) is 0 Å². The minimum Gasteiger partial charge on any atom is -0.444 e. The summed E-state index contributed by atoms with van der Waals surface area (Å²) in [5.74, 6) is 2.79. The van der Waals surface area contributed by atoms with Crippen LogP contribution in [0.3, 0.4) is 0 Å². The average Bonchev–Trinajstić information content (AvgIpc) is 2.66. The monoisotopic (exact) mass is 363 g/mol. The number of aromatic nitrogens is 1. The summed E-state index contributed by atoms with van der Waals surface area (Å²) in [6.45, 7) is 0.182. The van der Waals surface area contributed by atoms with E-state index in [0.717, 1.165) is 27.9 Å². The average molecular weight is 363 g/mol. The van der Waals surface area contributed by atoms with Crippen LogP contribution in [-0.2, 0) is 16.8 Å². The van der Waals surface area contributed by atoms with Crippen LogP contribution in [-0.4, -0.2) is 10.7 Å². The van der Waals surface area contributed by atoms with Crippen LogP contribution in [0, 0.1) is 17.8 Å². The molecule has 1 aromatic carbocycles. The third-order valence-corrected chi connectivity index (χ3v) is 6.99. The second kappa shape index (κ2) is 6.36. The van der Waals surface area contributed by atoms with Gasteiger partial charge in [0.25, 0.3) is 5.56 Å². The van der Waals surface area contributed by atoms with E-state index in [1.807, 2.05) is 0 Å². The molecule has 140 valence electrons. The van der Waals surface area contributed by atoms with Crippen LogP contribution in [0.1, 0.15) is 49.7 Å². The van der Waals surface area contributed by atoms with Gasteiger partial charge in [-0.1, -0.05) is 30.3 Å². The van der Waals surface area contributed by atoms with Gasteiger partial charge >= 0.3 is 6.09 Å². The SMILES string of the molecule is O=C(OCc1ccc(C23CC4CC(CC(C4)C2)C3)cc1)n1ccccc1=O. The van der Waals surface area contributed by atoms with Gasteiger partial charge in [-0.25, -0.2) is 9.36 Å². The lowest BCUT2D eigenvalue weighted by Gasteiger charge is -2.57. The molecule has 0 amide bonds. The molecule has 6 rings (SSSR count). The normalized spacial score (nSPS) is 31.0. The van der Waals surface area contributed by atoms with Crippen LogP contribution >= 0.6 is 0 Å². The molecule has 0 radical (unpaired) electrons. The number of ether oxygens (including phenoxy) is 1. The highest BCUT2D eigenvalue weighted by atomic mass is 16.5. The molecule has 4 saturated carbocycles. The topological polar surface area (TPSA) is 48.3 Å². The fourth-order valence-electron chi connectivity index (χ4n) is 6.21. The third-order valence-electron chi connectivity index (χ3n) is 6.99. The van der Waals surface area contributed by atoms with Crippen LogP contribution in [0.2, 0.25) is 0 Å². The van der Waals surface area contributed by atoms with E-state index in [-0.39, 0.29) is 12.2 Å². The van der Waals surface area contributed by atoms with Gasteiger partial charge in [0.05, 0.1) is 0 Å². The number of hydrogen-bond acceptors (Lipinski definition) is 3. The van der Waals surface area contributed by atoms with Crippen molar-refractivity contribution < 1.29 is 9.53 Å². The van der Waals surface area contributed by atoms with Gasteiger partial charge < -0.3 is 4.74 Å². The van der Waals surface area contributed by atoms with Gasteiger partial charge in [0.15, 0.2) is 0 Å². The highest BCUT2D eigenvalue weighted by molar-refractivity contribution is 5.70. The van der Waals surface area contributed by atoms with Gasteiger partial charge in [-0.05, 0) is 78.9 Å². The second-order valence-corrected chi connectivity index (χ2v) is 8.86. The summed E-state index contributed by atoms with van der Waals surface area (Å²) >= 11 is 0. The fraction of sp³-hybridized carbons (Fsp3) is 0.478. The Morgan fingerprint density at radius 1 is 0.963 bits per heavy atom. The summed E-state index contributed by atoms with van der Waals surface area (Å²) in [5, 5.41) is 0. The van der Waals surface area contributed by atoms with Gasteiger partial charge in [-0.3, -0.25) is 4.79 Å². The van der Waals surface area contributed by atoms with Crippen molar-refractivity contribution in [2.45, 2.75) is 50.5 Å². The largest absolute Gasteiger partial charge is 0.444 e. The van der Waals surface area contributed by atoms with E-state index in [2.05, 4.69) is 24.3 Å². The van der Waals surface area contributed by atoms with Crippen molar-refractivity contribution >= 4 is 6.09 Å². The Morgan fingerprint density at radius 2 is 1.59 bits per heavy atom. The molecule has 4 nitrogen and oxygen atoms in total. The smallest absolute Gasteiger partial charge is 0.421 e. The molecule has 0 saturated heterocycles. The van der Waals surface area contributed by atoms with Gasteiger partial charge in [-0.2, -0.15) is 0 Å². The summed E-state index contributed by atoms with van der Waals surface area (Å²) in [6, 6.07) is 13.2. The van der Waals surface area contributed by atoms with Crippen LogP contribution < -0.4 is 5.56 Å². The number of rotatable bonds is 3. The number of carbonyl (C=O) groups is 1. The molecule has 0 spiro atoms. The molecule has 0 unspecified atom stereocenters. The predicted molar refractivity (Wildman–Crippen MR) is 103 cm³/mol. The summed E-state index contributed by atoms with van der Waals surface area (Å²) in [7, 11) is 0. The van der Waals surface area contributed by atoms with Crippen molar-refractivity contribution in [3.05, 3.63) is 70.1 Å². The van der Waals surface area contributed by atoms with Crippen molar-refractivity contribution in [2.24, 2.45) is 17.8 Å². The van der Waals surface area contributed by atoms with E-state index in [0.29, 0.717) is 5.41 Å². The van der Waals surface area contributed by atoms with Gasteiger partial charge in [0, 0.05) is 12.3 Å². The summed E-state index contributed by atoms with van der Waals surface area (Å²) in [4.78, 5) is 23.8. The van der Waals surface area contributed by atoms with Crippen LogP contribution in [0.5, 0.6) is 0 Å². The Labute approximate surface area is 159 Å². The van der Waals surface area contributed by atoms with Gasteiger partial charge in [0.1, 0.15) is 6.61 Å². The van der Waals surface area contributed by atoms with Crippen LogP contribution in [0.25, 0.3) is 0 Å². The number of hydrogen-bond donors (Lipinski definition) is 0. The number of pyridine rings is 1. The molecule has 2 aromatic rings. The molecular formula is C23H25NO3. The minimum atomic E-state index is -0.634. The highest BCUT2D eigenvalue weighted by Crippen LogP contribution is 2.60. The first kappa shape index (κ1) is 16.8. The molecule has 0 N–H and O–H groups in total. The zero-order valence-electron chi connectivity index (χ0n) is 15.5. The van der Waals surface area contributed by atoms with E-state index in [1.54, 1.807) is 12.1 Å². The first-order chi connectivity index (χ1) is 13.1. The molecule has 27 heavy (non-hydrogen) atoms. The molecule has 4 aliphatic rings. The Morgan fingerprint density at radius 3 is 2.19 bits per heavy atom. The Kier molecular flexibility index (Phi) is 3.96. The van der Waals surface area contributed by atoms with Gasteiger partial charge in [-0.15, -0.1) is 0 Å². The molecule has 4 heteroatoms. The summed E-state index contributed by atoms with van der Waals surface area (Å²) in [6.07, 6.45) is 9.20. The van der Waals surface area contributed by atoms with Crippen molar-refractivity contribution in [3.63, 3.8) is 0 Å². The summed E-state index contributed by atoms with van der Waals surface area (Å²) in [5.41, 5.74) is 2.44. The Hall–Kier alpha value is -2.36. The zero-order valence-corrected chi connectivity index (χ0v) is 15.5. The Bertz CT molecular complexity index is 876. The summed E-state index contributed by atoms with van der Waals surface area (Å²) < 4.78 is 6.30. The predicted octanol–water partition coefficient (Wildman–Crippen LogP) is 4.50. The standard InChI is InChI=1S/C23H25NO3/c25-21-3-1-2-8-24(21)22(26)27-15-16-4-6-20(7-5-16)23-12-17-9-18(13-23)11-19(10-17)14-23/h1-8,17-19H,9-15H2. The molecule has 0 atom stereocenters. The maximum Gasteiger partial charge on any atom is 0.421 e. The zero-order chi connectivity index (χ0) is 18.4. The van der Waals surface area contributed by atoms with E-state index < -0.39 is 6.09 Å². The molecule has 4 aliphatic carbocycles. The molecule has 4 fully saturated rings. The maximum absolute atomic E-state index is 12.1. The molecular weight excluding hydrogens is 338 g/mol. The molecule has 0 aliphatic heterocycles. The lowest BCUT2D eigenvalue weighted by atomic mass is 9.48. The fourth-order valence-corrected chi connectivity index (χ4v) is 6.21. The lowest BCUT2D eigenvalue weighted by Crippen LogP contribution is -2.48. The van der Waals surface area contributed by atoms with E-state index in [4.69, 9.17) is 4.74 Å². The number of carbonyl (C=O) groups excluding carboxylic acids is 1. The van der Waals surface area contributed by atoms with Crippen LogP contribution in [0.15, 0.2) is 53.5 Å². The number of benzene rings is 1. The Balaban J connectivity index is 1.28. The van der Waals surface area contributed by atoms with Crippen molar-refractivity contribution in [1.29, 1.82) is 0 Å².